The van der Waals surface area contributed by atoms with Crippen LogP contribution in [-0.2, 0) is 0 Å². The minimum atomic E-state index is 0. The number of hydrogen-bond acceptors (Lipinski definition) is 0. The molecule has 17 heavy (non-hydrogen) atoms. The summed E-state index contributed by atoms with van der Waals surface area (Å²) in [5.41, 5.74) is 0. The third-order valence-corrected chi connectivity index (χ3v) is 4.98. The van der Waals surface area contributed by atoms with E-state index in [1.165, 1.54) is 0 Å². The predicted molar refractivity (Wildman–Crippen MR) is 84.3 cm³/mol. The zero-order chi connectivity index (χ0) is 13.0. The Labute approximate surface area is 123 Å². The summed E-state index contributed by atoms with van der Waals surface area (Å²) >= 11 is 0. The van der Waals surface area contributed by atoms with Gasteiger partial charge in [0, 0.05) is 18.9 Å². The van der Waals surface area contributed by atoms with Crippen LogP contribution < -0.4 is 0 Å². The van der Waals surface area contributed by atoms with Gasteiger partial charge in [-0.1, -0.05) is 97.5 Å². The van der Waals surface area contributed by atoms with E-state index >= 15 is 0 Å². The molecule has 3 atom stereocenters. The molecule has 0 nitrogen and oxygen atoms in total. The van der Waals surface area contributed by atoms with E-state index in [1.54, 1.807) is 0 Å². The van der Waals surface area contributed by atoms with E-state index in [0.29, 0.717) is 0 Å². The summed E-state index contributed by atoms with van der Waals surface area (Å²) in [6.07, 6.45) is 0. The van der Waals surface area contributed by atoms with Gasteiger partial charge in [0.15, 0.2) is 0 Å². The molecule has 0 N–H and O–H groups in total. The maximum Gasteiger partial charge on any atom is 0.149 e. The Bertz CT molecular complexity index is 156. The van der Waals surface area contributed by atoms with Crippen molar-refractivity contribution >= 4 is 25.6 Å². The molecule has 1 radical (unpaired) electrons. The summed E-state index contributed by atoms with van der Waals surface area (Å²) in [5, 5.41) is 0. The second-order valence-electron chi connectivity index (χ2n) is 6.89. The average molecular weight is 231 g/mol. The first-order valence-corrected chi connectivity index (χ1v) is 7.20. The fourth-order valence-electron chi connectivity index (χ4n) is 2.77. The Morgan fingerprint density at radius 2 is 0.647 bits per heavy atom. The van der Waals surface area contributed by atoms with Crippen molar-refractivity contribution in [2.75, 3.05) is 0 Å². The van der Waals surface area contributed by atoms with E-state index in [-0.39, 0.29) is 18.9 Å². The molecule has 0 heterocycles. The first-order valence-electron chi connectivity index (χ1n) is 7.20. The van der Waals surface area contributed by atoms with E-state index in [2.05, 4.69) is 62.3 Å². The van der Waals surface area contributed by atoms with Crippen molar-refractivity contribution in [3.63, 3.8) is 0 Å². The van der Waals surface area contributed by atoms with Crippen LogP contribution in [0, 0.1) is 17.8 Å². The largest absolute Gasteiger partial charge is 0.149 e. The van der Waals surface area contributed by atoms with Crippen LogP contribution in [0.1, 0.15) is 62.3 Å². The van der Waals surface area contributed by atoms with E-state index < -0.39 is 0 Å². The van der Waals surface area contributed by atoms with Gasteiger partial charge in [-0.2, -0.15) is 0 Å². The van der Waals surface area contributed by atoms with Gasteiger partial charge in [-0.3, -0.25) is 0 Å². The zero-order valence-electron chi connectivity index (χ0n) is 14.0. The molecule has 0 aromatic heterocycles. The molecule has 3 unspecified atom stereocenters. The summed E-state index contributed by atoms with van der Waals surface area (Å²) < 4.78 is 0. The molecular formula is C15H33BLi. The maximum atomic E-state index is 2.45. The van der Waals surface area contributed by atoms with Gasteiger partial charge in [0.05, 0.1) is 0 Å². The normalized spacial score (nSPS) is 16.9. The molecule has 0 fully saturated rings. The Morgan fingerprint density at radius 1 is 0.471 bits per heavy atom. The topological polar surface area (TPSA) is 0 Å². The van der Waals surface area contributed by atoms with Gasteiger partial charge in [0.25, 0.3) is 0 Å². The van der Waals surface area contributed by atoms with Gasteiger partial charge in [0.1, 0.15) is 6.71 Å². The van der Waals surface area contributed by atoms with Gasteiger partial charge in [0.2, 0.25) is 0 Å². The minimum absolute atomic E-state index is 0. The van der Waals surface area contributed by atoms with Crippen molar-refractivity contribution in [3.8, 4) is 0 Å². The quantitative estimate of drug-likeness (QED) is 0.548. The summed E-state index contributed by atoms with van der Waals surface area (Å²) in [5.74, 6) is 4.88. The second kappa shape index (κ2) is 8.71. The molecule has 0 saturated heterocycles. The fourth-order valence-corrected chi connectivity index (χ4v) is 2.77. The fraction of sp³-hybridized carbons (Fsp3) is 1.00. The Balaban J connectivity index is 0. The van der Waals surface area contributed by atoms with Crippen molar-refractivity contribution in [2.45, 2.75) is 79.8 Å². The Morgan fingerprint density at radius 3 is 0.765 bits per heavy atom. The van der Waals surface area contributed by atoms with Crippen LogP contribution in [0.2, 0.25) is 17.5 Å². The first kappa shape index (κ1) is 20.0. The monoisotopic (exact) mass is 231 g/mol. The second-order valence-corrected chi connectivity index (χ2v) is 6.89. The predicted octanol–water partition coefficient (Wildman–Crippen LogP) is 5.24. The van der Waals surface area contributed by atoms with E-state index in [1.807, 2.05) is 0 Å². The molecule has 0 aliphatic heterocycles. The molecule has 0 bridgehead atoms. The summed E-state index contributed by atoms with van der Waals surface area (Å²) in [6, 6.07) is 0. The van der Waals surface area contributed by atoms with Gasteiger partial charge in [-0.15, -0.1) is 0 Å². The molecule has 0 saturated carbocycles. The van der Waals surface area contributed by atoms with Crippen LogP contribution in [0.4, 0.5) is 0 Å². The standard InChI is InChI=1S/C15H33B.Li/c1-10(2)13(7)16(14(8)11(3)4)15(9)12(5)6;/h10-15H,1-9H3;. The van der Waals surface area contributed by atoms with Crippen molar-refractivity contribution in [3.05, 3.63) is 0 Å². The van der Waals surface area contributed by atoms with Crippen molar-refractivity contribution < 1.29 is 0 Å². The molecule has 2 heteroatoms. The molecule has 0 aromatic rings. The number of rotatable bonds is 6. The van der Waals surface area contributed by atoms with Gasteiger partial charge >= 0.3 is 0 Å². The SMILES string of the molecule is CC(C)C(C)B(C(C)C(C)C)C(C)C(C)C.[Li]. The number of hydrogen-bond donors (Lipinski definition) is 0. The Kier molecular flexibility index (Phi) is 10.2. The van der Waals surface area contributed by atoms with Gasteiger partial charge < -0.3 is 0 Å². The third-order valence-electron chi connectivity index (χ3n) is 4.98. The van der Waals surface area contributed by atoms with Gasteiger partial charge in [-0.25, -0.2) is 0 Å². The van der Waals surface area contributed by atoms with Gasteiger partial charge in [-0.05, 0) is 0 Å². The van der Waals surface area contributed by atoms with E-state index in [9.17, 15) is 0 Å². The van der Waals surface area contributed by atoms with E-state index in [0.717, 1.165) is 41.9 Å². The van der Waals surface area contributed by atoms with Crippen molar-refractivity contribution in [1.82, 2.24) is 0 Å². The maximum absolute atomic E-state index is 2.45. The summed E-state index contributed by atoms with van der Waals surface area (Å²) in [6.45, 7) is 22.5. The average Bonchev–Trinajstić information content (AvgIpc) is 2.16. The Hall–Kier alpha value is 0.662. The molecule has 0 aliphatic carbocycles. The third kappa shape index (κ3) is 5.89. The van der Waals surface area contributed by atoms with Crippen LogP contribution in [0.3, 0.4) is 0 Å². The zero-order valence-corrected chi connectivity index (χ0v) is 14.0. The summed E-state index contributed by atoms with van der Waals surface area (Å²) in [4.78, 5) is 0. The summed E-state index contributed by atoms with van der Waals surface area (Å²) in [7, 11) is 0. The molecule has 0 aromatic carbocycles. The molecule has 0 amide bonds. The van der Waals surface area contributed by atoms with Crippen molar-refractivity contribution in [2.24, 2.45) is 17.8 Å². The minimum Gasteiger partial charge on any atom is -0.0688 e. The van der Waals surface area contributed by atoms with Crippen LogP contribution in [0.15, 0.2) is 0 Å². The molecule has 97 valence electrons. The van der Waals surface area contributed by atoms with E-state index in [4.69, 9.17) is 0 Å². The molecule has 0 aliphatic rings. The van der Waals surface area contributed by atoms with Crippen LogP contribution in [-0.4, -0.2) is 25.6 Å². The van der Waals surface area contributed by atoms with Crippen LogP contribution in [0.5, 0.6) is 0 Å². The molecular weight excluding hydrogens is 198 g/mol. The molecule has 0 spiro atoms. The molecule has 0 rings (SSSR count). The first-order chi connectivity index (χ1) is 7.20. The van der Waals surface area contributed by atoms with Crippen LogP contribution >= 0.6 is 0 Å². The smallest absolute Gasteiger partial charge is 0.0688 e. The van der Waals surface area contributed by atoms with Crippen molar-refractivity contribution in [1.29, 1.82) is 0 Å². The van der Waals surface area contributed by atoms with Crippen LogP contribution in [0.25, 0.3) is 0 Å².